The molecule has 0 bridgehead atoms. The van der Waals surface area contributed by atoms with E-state index in [-0.39, 0.29) is 5.02 Å². The van der Waals surface area contributed by atoms with Gasteiger partial charge < -0.3 is 4.74 Å². The van der Waals surface area contributed by atoms with Crippen molar-refractivity contribution in [1.29, 1.82) is 0 Å². The number of ether oxygens (including phenoxy) is 1. The van der Waals surface area contributed by atoms with Gasteiger partial charge in [-0.2, -0.15) is 0 Å². The number of hydrazine groups is 1. The van der Waals surface area contributed by atoms with Crippen LogP contribution in [0.4, 0.5) is 14.9 Å². The van der Waals surface area contributed by atoms with Crippen LogP contribution in [0, 0.1) is 5.82 Å². The summed E-state index contributed by atoms with van der Waals surface area (Å²) in [6, 6.07) is 3.85. The minimum absolute atomic E-state index is 0.186. The van der Waals surface area contributed by atoms with Gasteiger partial charge in [0.2, 0.25) is 0 Å². The second-order valence-corrected chi connectivity index (χ2v) is 5.18. The monoisotopic (exact) mass is 274 g/mol. The number of benzene rings is 1. The van der Waals surface area contributed by atoms with Gasteiger partial charge >= 0.3 is 6.09 Å². The molecular weight excluding hydrogens is 259 g/mol. The van der Waals surface area contributed by atoms with Crippen molar-refractivity contribution in [2.24, 2.45) is 0 Å². The summed E-state index contributed by atoms with van der Waals surface area (Å²) >= 11 is 5.83. The van der Waals surface area contributed by atoms with E-state index in [0.717, 1.165) is 11.1 Å². The molecule has 100 valence electrons. The van der Waals surface area contributed by atoms with E-state index in [1.165, 1.54) is 19.2 Å². The van der Waals surface area contributed by atoms with Crippen LogP contribution in [0.2, 0.25) is 5.02 Å². The van der Waals surface area contributed by atoms with Crippen LogP contribution in [0.3, 0.4) is 0 Å². The summed E-state index contributed by atoms with van der Waals surface area (Å²) in [5.41, 5.74) is 2.56. The summed E-state index contributed by atoms with van der Waals surface area (Å²) < 4.78 is 18.0. The molecule has 0 heterocycles. The highest BCUT2D eigenvalue weighted by Gasteiger charge is 2.20. The summed E-state index contributed by atoms with van der Waals surface area (Å²) in [6.07, 6.45) is -0.553. The van der Waals surface area contributed by atoms with Crippen molar-refractivity contribution in [3.63, 3.8) is 0 Å². The largest absolute Gasteiger partial charge is 0.442 e. The van der Waals surface area contributed by atoms with Crippen molar-refractivity contribution >= 4 is 23.4 Å². The topological polar surface area (TPSA) is 41.6 Å². The Kier molecular flexibility index (Phi) is 4.40. The van der Waals surface area contributed by atoms with Gasteiger partial charge in [0, 0.05) is 7.05 Å². The Balaban J connectivity index is 2.69. The molecule has 1 aromatic rings. The predicted octanol–water partition coefficient (Wildman–Crippen LogP) is 3.67. The second-order valence-electron chi connectivity index (χ2n) is 4.78. The lowest BCUT2D eigenvalue weighted by molar-refractivity contribution is 0.0339. The van der Waals surface area contributed by atoms with E-state index >= 15 is 0 Å². The summed E-state index contributed by atoms with van der Waals surface area (Å²) in [7, 11) is 1.49. The number of carbonyl (C=O) groups excluding carboxylic acids is 1. The third-order valence-corrected chi connectivity index (χ3v) is 2.20. The average molecular weight is 275 g/mol. The molecule has 18 heavy (non-hydrogen) atoms. The fourth-order valence-corrected chi connectivity index (χ4v) is 1.35. The van der Waals surface area contributed by atoms with Crippen molar-refractivity contribution < 1.29 is 13.9 Å². The molecule has 6 heteroatoms. The lowest BCUT2D eigenvalue weighted by Crippen LogP contribution is -2.37. The highest BCUT2D eigenvalue weighted by Crippen LogP contribution is 2.23. The average Bonchev–Trinajstić information content (AvgIpc) is 2.19. The molecule has 0 unspecified atom stereocenters. The maximum atomic E-state index is 12.8. The van der Waals surface area contributed by atoms with Gasteiger partial charge in [0.05, 0.1) is 10.7 Å². The number of nitrogens with zero attached hydrogens (tertiary/aromatic N) is 1. The van der Waals surface area contributed by atoms with Crippen LogP contribution in [0.1, 0.15) is 20.8 Å². The van der Waals surface area contributed by atoms with E-state index in [1.807, 2.05) is 0 Å². The molecule has 1 aromatic carbocycles. The maximum absolute atomic E-state index is 12.8. The highest BCUT2D eigenvalue weighted by atomic mass is 35.5. The lowest BCUT2D eigenvalue weighted by Gasteiger charge is -2.25. The van der Waals surface area contributed by atoms with Crippen molar-refractivity contribution in [3.05, 3.63) is 29.0 Å². The van der Waals surface area contributed by atoms with Crippen LogP contribution in [-0.2, 0) is 4.74 Å². The Bertz CT molecular complexity index is 446. The predicted molar refractivity (Wildman–Crippen MR) is 69.0 cm³/mol. The molecule has 0 radical (unpaired) electrons. The first-order chi connectivity index (χ1) is 8.19. The zero-order valence-corrected chi connectivity index (χ0v) is 11.5. The number of nitrogens with one attached hydrogen (secondary N) is 1. The minimum atomic E-state index is -0.584. The molecule has 0 saturated carbocycles. The minimum Gasteiger partial charge on any atom is -0.442 e. The normalized spacial score (nSPS) is 11.0. The first kappa shape index (κ1) is 14.6. The van der Waals surface area contributed by atoms with Crippen LogP contribution in [-0.4, -0.2) is 23.8 Å². The third-order valence-electron chi connectivity index (χ3n) is 1.89. The Labute approximate surface area is 111 Å². The molecule has 0 fully saturated rings. The third kappa shape index (κ3) is 4.41. The lowest BCUT2D eigenvalue weighted by atomic mass is 10.2. The smallest absolute Gasteiger partial charge is 0.428 e. The van der Waals surface area contributed by atoms with Gasteiger partial charge in [0.25, 0.3) is 0 Å². The second kappa shape index (κ2) is 5.44. The molecule has 0 aliphatic rings. The molecule has 0 aliphatic carbocycles. The van der Waals surface area contributed by atoms with Gasteiger partial charge in [-0.3, -0.25) is 5.43 Å². The molecule has 1 N–H and O–H groups in total. The number of rotatable bonds is 2. The van der Waals surface area contributed by atoms with Gasteiger partial charge in [-0.1, -0.05) is 11.6 Å². The summed E-state index contributed by atoms with van der Waals surface area (Å²) in [5, 5.41) is 1.33. The fourth-order valence-electron chi connectivity index (χ4n) is 1.14. The van der Waals surface area contributed by atoms with E-state index < -0.39 is 17.5 Å². The number of hydrogen-bond acceptors (Lipinski definition) is 3. The van der Waals surface area contributed by atoms with Gasteiger partial charge in [-0.25, -0.2) is 14.2 Å². The molecular formula is C12H16ClFN2O2. The van der Waals surface area contributed by atoms with E-state index in [2.05, 4.69) is 5.43 Å². The molecule has 0 aromatic heterocycles. The number of anilines is 1. The quantitative estimate of drug-likeness (QED) is 0.837. The van der Waals surface area contributed by atoms with Crippen LogP contribution in [0.5, 0.6) is 0 Å². The van der Waals surface area contributed by atoms with Crippen molar-refractivity contribution in [1.82, 2.24) is 5.01 Å². The van der Waals surface area contributed by atoms with E-state index in [0.29, 0.717) is 5.69 Å². The molecule has 1 amide bonds. The Morgan fingerprint density at radius 3 is 2.56 bits per heavy atom. The summed E-state index contributed by atoms with van der Waals surface area (Å²) in [5.74, 6) is -0.439. The van der Waals surface area contributed by atoms with E-state index in [1.54, 1.807) is 20.8 Å². The number of halogens is 2. The highest BCUT2D eigenvalue weighted by molar-refractivity contribution is 6.33. The number of carbonyl (C=O) groups is 1. The molecule has 1 rings (SSSR count). The summed E-state index contributed by atoms with van der Waals surface area (Å²) in [6.45, 7) is 5.30. The first-order valence-electron chi connectivity index (χ1n) is 5.37. The fraction of sp³-hybridized carbons (Fsp3) is 0.417. The molecule has 0 saturated heterocycles. The first-order valence-corrected chi connectivity index (χ1v) is 5.75. The Morgan fingerprint density at radius 1 is 1.44 bits per heavy atom. The molecule has 0 aliphatic heterocycles. The standard InChI is InChI=1S/C12H16ClFN2O2/c1-12(2,3)18-11(17)16(4)15-10-6-5-8(14)7-9(10)13/h5-7,15H,1-4H3. The molecule has 4 nitrogen and oxygen atoms in total. The Hall–Kier alpha value is -1.49. The summed E-state index contributed by atoms with van der Waals surface area (Å²) in [4.78, 5) is 11.7. The van der Waals surface area contributed by atoms with E-state index in [9.17, 15) is 9.18 Å². The van der Waals surface area contributed by atoms with Crippen LogP contribution >= 0.6 is 11.6 Å². The van der Waals surface area contributed by atoms with Crippen molar-refractivity contribution in [2.75, 3.05) is 12.5 Å². The Morgan fingerprint density at radius 2 is 2.06 bits per heavy atom. The number of amides is 1. The van der Waals surface area contributed by atoms with Gasteiger partial charge in [0.1, 0.15) is 11.4 Å². The van der Waals surface area contributed by atoms with Crippen LogP contribution in [0.15, 0.2) is 18.2 Å². The van der Waals surface area contributed by atoms with Crippen LogP contribution < -0.4 is 5.43 Å². The molecule has 0 spiro atoms. The zero-order chi connectivity index (χ0) is 13.9. The zero-order valence-electron chi connectivity index (χ0n) is 10.8. The maximum Gasteiger partial charge on any atom is 0.428 e. The SMILES string of the molecule is CN(Nc1ccc(F)cc1Cl)C(=O)OC(C)(C)C. The van der Waals surface area contributed by atoms with Gasteiger partial charge in [0.15, 0.2) is 0 Å². The van der Waals surface area contributed by atoms with Crippen molar-refractivity contribution in [3.8, 4) is 0 Å². The van der Waals surface area contributed by atoms with Crippen molar-refractivity contribution in [2.45, 2.75) is 26.4 Å². The number of hydrogen-bond donors (Lipinski definition) is 1. The van der Waals surface area contributed by atoms with Gasteiger partial charge in [-0.05, 0) is 39.0 Å². The van der Waals surface area contributed by atoms with Crippen LogP contribution in [0.25, 0.3) is 0 Å². The molecule has 0 atom stereocenters. The van der Waals surface area contributed by atoms with E-state index in [4.69, 9.17) is 16.3 Å². The van der Waals surface area contributed by atoms with Gasteiger partial charge in [-0.15, -0.1) is 0 Å².